The first-order valence-electron chi connectivity index (χ1n) is 2.75. The second-order valence-corrected chi connectivity index (χ2v) is 2.83. The van der Waals surface area contributed by atoms with Gasteiger partial charge in [-0.3, -0.25) is 4.40 Å². The Hall–Kier alpha value is -0.830. The van der Waals surface area contributed by atoms with Crippen molar-refractivity contribution in [3.8, 4) is 0 Å². The first kappa shape index (κ1) is 4.99. The van der Waals surface area contributed by atoms with Crippen LogP contribution in [0.25, 0.3) is 4.96 Å². The first-order valence-corrected chi connectivity index (χ1v) is 3.63. The zero-order chi connectivity index (χ0) is 6.27. The maximum atomic E-state index is 4.16. The maximum absolute atomic E-state index is 4.16. The Morgan fingerprint density at radius 2 is 2.56 bits per heavy atom. The zero-order valence-electron chi connectivity index (χ0n) is 5.03. The summed E-state index contributed by atoms with van der Waals surface area (Å²) >= 11 is 1.66. The Labute approximate surface area is 56.8 Å². The van der Waals surface area contributed by atoms with E-state index in [1.807, 2.05) is 24.7 Å². The molecule has 0 amide bonds. The summed E-state index contributed by atoms with van der Waals surface area (Å²) in [6.07, 6.45) is 3.91. The Morgan fingerprint density at radius 3 is 3.33 bits per heavy atom. The molecule has 46 valence electrons. The lowest BCUT2D eigenvalue weighted by molar-refractivity contribution is 1.14. The first-order chi connectivity index (χ1) is 4.38. The molecule has 0 atom stereocenters. The molecule has 2 aromatic heterocycles. The fraction of sp³-hybridized carbons (Fsp3) is 0.167. The van der Waals surface area contributed by atoms with Crippen LogP contribution in [0.3, 0.4) is 0 Å². The van der Waals surface area contributed by atoms with Crippen molar-refractivity contribution in [3.63, 3.8) is 0 Å². The van der Waals surface area contributed by atoms with Gasteiger partial charge >= 0.3 is 0 Å². The maximum Gasteiger partial charge on any atom is 0.193 e. The summed E-state index contributed by atoms with van der Waals surface area (Å²) in [5.41, 5.74) is 1.20. The van der Waals surface area contributed by atoms with E-state index < -0.39 is 0 Å². The van der Waals surface area contributed by atoms with Crippen molar-refractivity contribution < 1.29 is 0 Å². The van der Waals surface area contributed by atoms with Crippen LogP contribution in [0.4, 0.5) is 0 Å². The van der Waals surface area contributed by atoms with Gasteiger partial charge in [-0.05, 0) is 6.92 Å². The van der Waals surface area contributed by atoms with Gasteiger partial charge in [-0.15, -0.1) is 11.3 Å². The summed E-state index contributed by atoms with van der Waals surface area (Å²) in [6.45, 7) is 2.05. The zero-order valence-corrected chi connectivity index (χ0v) is 5.85. The third kappa shape index (κ3) is 0.580. The molecule has 0 aliphatic rings. The molecule has 3 heteroatoms. The van der Waals surface area contributed by atoms with Crippen LogP contribution in [0, 0.1) is 6.92 Å². The van der Waals surface area contributed by atoms with Gasteiger partial charge in [0.15, 0.2) is 4.96 Å². The quantitative estimate of drug-likeness (QED) is 0.541. The molecular weight excluding hydrogens is 132 g/mol. The lowest BCUT2D eigenvalue weighted by Gasteiger charge is -1.81. The lowest BCUT2D eigenvalue weighted by atomic mass is 10.6. The fourth-order valence-corrected chi connectivity index (χ4v) is 1.58. The van der Waals surface area contributed by atoms with E-state index in [0.717, 1.165) is 4.96 Å². The molecule has 2 nitrogen and oxygen atoms in total. The van der Waals surface area contributed by atoms with Gasteiger partial charge in [0.2, 0.25) is 0 Å². The van der Waals surface area contributed by atoms with E-state index in [2.05, 4.69) is 9.38 Å². The summed E-state index contributed by atoms with van der Waals surface area (Å²) in [5, 5.41) is 2.04. The summed E-state index contributed by atoms with van der Waals surface area (Å²) in [7, 11) is 0. The average Bonchev–Trinajstić information content (AvgIpc) is 2.35. The molecule has 0 radical (unpaired) electrons. The third-order valence-electron chi connectivity index (χ3n) is 1.33. The minimum atomic E-state index is 1.08. The Balaban J connectivity index is 2.99. The molecule has 0 spiro atoms. The van der Waals surface area contributed by atoms with Crippen molar-refractivity contribution in [2.75, 3.05) is 0 Å². The van der Waals surface area contributed by atoms with E-state index in [0.29, 0.717) is 0 Å². The highest BCUT2D eigenvalue weighted by Gasteiger charge is 1.95. The number of aromatic nitrogens is 2. The van der Waals surface area contributed by atoms with E-state index >= 15 is 0 Å². The molecule has 0 aliphatic carbocycles. The molecule has 0 saturated carbocycles. The predicted octanol–water partition coefficient (Wildman–Crippen LogP) is 1.70. The van der Waals surface area contributed by atoms with Crippen LogP contribution in [0.2, 0.25) is 0 Å². The van der Waals surface area contributed by atoms with Crippen molar-refractivity contribution in [1.82, 2.24) is 9.38 Å². The monoisotopic (exact) mass is 138 g/mol. The smallest absolute Gasteiger partial charge is 0.193 e. The van der Waals surface area contributed by atoms with Gasteiger partial charge < -0.3 is 0 Å². The molecule has 0 aliphatic heterocycles. The van der Waals surface area contributed by atoms with Gasteiger partial charge in [0, 0.05) is 23.5 Å². The van der Waals surface area contributed by atoms with Gasteiger partial charge in [-0.2, -0.15) is 0 Å². The Bertz CT molecular complexity index is 320. The van der Waals surface area contributed by atoms with E-state index in [9.17, 15) is 0 Å². The molecule has 0 unspecified atom stereocenters. The number of thiazole rings is 1. The lowest BCUT2D eigenvalue weighted by Crippen LogP contribution is -1.76. The summed E-state index contributed by atoms with van der Waals surface area (Å²) in [5.74, 6) is 0. The van der Waals surface area contributed by atoms with Crippen molar-refractivity contribution in [3.05, 3.63) is 23.5 Å². The van der Waals surface area contributed by atoms with Crippen molar-refractivity contribution in [1.29, 1.82) is 0 Å². The number of nitrogens with zero attached hydrogens (tertiary/aromatic N) is 2. The number of hydrogen-bond acceptors (Lipinski definition) is 2. The van der Waals surface area contributed by atoms with Gasteiger partial charge in [-0.25, -0.2) is 4.98 Å². The van der Waals surface area contributed by atoms with Gasteiger partial charge in [0.1, 0.15) is 0 Å². The largest absolute Gasteiger partial charge is 0.295 e. The number of imidazole rings is 1. The van der Waals surface area contributed by atoms with Crippen LogP contribution in [0.1, 0.15) is 5.69 Å². The standard InChI is InChI=1S/C6H6N2S/c1-5-4-7-6-8(5)2-3-9-6/h2-4H,1H3. The highest BCUT2D eigenvalue weighted by molar-refractivity contribution is 7.15. The highest BCUT2D eigenvalue weighted by atomic mass is 32.1. The van der Waals surface area contributed by atoms with Gasteiger partial charge in [0.05, 0.1) is 0 Å². The van der Waals surface area contributed by atoms with Gasteiger partial charge in [-0.1, -0.05) is 0 Å². The van der Waals surface area contributed by atoms with Crippen molar-refractivity contribution >= 4 is 16.3 Å². The third-order valence-corrected chi connectivity index (χ3v) is 2.10. The molecular formula is C6H6N2S. The fourth-order valence-electron chi connectivity index (χ4n) is 0.845. The minimum absolute atomic E-state index is 1.08. The predicted molar refractivity (Wildman–Crippen MR) is 37.8 cm³/mol. The Morgan fingerprint density at radius 1 is 1.67 bits per heavy atom. The SMILES string of the molecule is Cc1cnc2sccn12. The molecule has 2 aromatic rings. The van der Waals surface area contributed by atoms with E-state index in [1.165, 1.54) is 5.69 Å². The van der Waals surface area contributed by atoms with Crippen LogP contribution in [0.15, 0.2) is 17.8 Å². The summed E-state index contributed by atoms with van der Waals surface area (Å²) < 4.78 is 2.07. The number of hydrogen-bond donors (Lipinski definition) is 0. The van der Waals surface area contributed by atoms with E-state index in [1.54, 1.807) is 11.3 Å². The molecule has 9 heavy (non-hydrogen) atoms. The van der Waals surface area contributed by atoms with Crippen LogP contribution in [-0.2, 0) is 0 Å². The molecule has 2 heterocycles. The molecule has 0 bridgehead atoms. The average molecular weight is 138 g/mol. The van der Waals surface area contributed by atoms with Crippen molar-refractivity contribution in [2.45, 2.75) is 6.92 Å². The Kier molecular flexibility index (Phi) is 0.873. The normalized spacial score (nSPS) is 10.8. The van der Waals surface area contributed by atoms with Crippen molar-refractivity contribution in [2.24, 2.45) is 0 Å². The number of fused-ring (bicyclic) bond motifs is 1. The highest BCUT2D eigenvalue weighted by Crippen LogP contribution is 2.10. The molecule has 0 N–H and O–H groups in total. The van der Waals surface area contributed by atoms with Crippen LogP contribution in [-0.4, -0.2) is 9.38 Å². The molecule has 0 aromatic carbocycles. The summed E-state index contributed by atoms with van der Waals surface area (Å²) in [4.78, 5) is 5.24. The van der Waals surface area contributed by atoms with Crippen LogP contribution < -0.4 is 0 Å². The topological polar surface area (TPSA) is 17.3 Å². The van der Waals surface area contributed by atoms with Crippen LogP contribution >= 0.6 is 11.3 Å². The minimum Gasteiger partial charge on any atom is -0.295 e. The molecule has 0 saturated heterocycles. The number of aryl methyl sites for hydroxylation is 1. The van der Waals surface area contributed by atoms with E-state index in [4.69, 9.17) is 0 Å². The van der Waals surface area contributed by atoms with E-state index in [-0.39, 0.29) is 0 Å². The summed E-state index contributed by atoms with van der Waals surface area (Å²) in [6, 6.07) is 0. The number of rotatable bonds is 0. The van der Waals surface area contributed by atoms with Gasteiger partial charge in [0.25, 0.3) is 0 Å². The second kappa shape index (κ2) is 1.57. The molecule has 2 rings (SSSR count). The molecule has 0 fully saturated rings. The second-order valence-electron chi connectivity index (χ2n) is 1.96. The van der Waals surface area contributed by atoms with Crippen LogP contribution in [0.5, 0.6) is 0 Å².